The predicted molar refractivity (Wildman–Crippen MR) is 87.1 cm³/mol. The third-order valence-electron chi connectivity index (χ3n) is 3.95. The highest BCUT2D eigenvalue weighted by Crippen LogP contribution is 2.20. The van der Waals surface area contributed by atoms with Crippen molar-refractivity contribution in [1.82, 2.24) is 5.32 Å². The summed E-state index contributed by atoms with van der Waals surface area (Å²) in [5.74, 6) is 0. The molecule has 1 nitrogen and oxygen atoms in total. The van der Waals surface area contributed by atoms with Gasteiger partial charge < -0.3 is 5.32 Å². The average molecular weight is 267 g/mol. The highest BCUT2D eigenvalue weighted by atomic mass is 14.9. The molecule has 0 heterocycles. The van der Waals surface area contributed by atoms with Gasteiger partial charge in [-0.3, -0.25) is 0 Å². The fourth-order valence-electron chi connectivity index (χ4n) is 2.59. The van der Waals surface area contributed by atoms with Crippen LogP contribution in [0.15, 0.2) is 48.5 Å². The molecule has 0 radical (unpaired) electrons. The summed E-state index contributed by atoms with van der Waals surface area (Å²) in [5.41, 5.74) is 5.59. The summed E-state index contributed by atoms with van der Waals surface area (Å²) < 4.78 is 0. The predicted octanol–water partition coefficient (Wildman–Crippen LogP) is 4.59. The van der Waals surface area contributed by atoms with E-state index in [4.69, 9.17) is 0 Å². The molecule has 106 valence electrons. The topological polar surface area (TPSA) is 12.0 Å². The third-order valence-corrected chi connectivity index (χ3v) is 3.95. The van der Waals surface area contributed by atoms with Crippen molar-refractivity contribution in [3.8, 4) is 0 Å². The van der Waals surface area contributed by atoms with Gasteiger partial charge in [-0.15, -0.1) is 0 Å². The second kappa shape index (κ2) is 7.25. The number of aryl methyl sites for hydroxylation is 3. The first kappa shape index (κ1) is 14.8. The van der Waals surface area contributed by atoms with Crippen LogP contribution in [-0.4, -0.2) is 6.54 Å². The Kier molecular flexibility index (Phi) is 5.37. The van der Waals surface area contributed by atoms with Crippen LogP contribution < -0.4 is 5.32 Å². The summed E-state index contributed by atoms with van der Waals surface area (Å²) in [6, 6.07) is 18.0. The Morgan fingerprint density at radius 1 is 0.950 bits per heavy atom. The monoisotopic (exact) mass is 267 g/mol. The van der Waals surface area contributed by atoms with Crippen LogP contribution in [0, 0.1) is 13.8 Å². The average Bonchev–Trinajstić information content (AvgIpc) is 2.48. The lowest BCUT2D eigenvalue weighted by molar-refractivity contribution is 0.515. The van der Waals surface area contributed by atoms with Gasteiger partial charge in [-0.05, 0) is 55.5 Å². The summed E-state index contributed by atoms with van der Waals surface area (Å²) in [6.07, 6.45) is 2.26. The SMILES string of the molecule is CCNC(CCc1ccc(C)c(C)c1)c1ccccc1. The molecule has 0 aromatic heterocycles. The molecule has 0 amide bonds. The number of hydrogen-bond acceptors (Lipinski definition) is 1. The molecule has 0 fully saturated rings. The van der Waals surface area contributed by atoms with E-state index in [-0.39, 0.29) is 0 Å². The quantitative estimate of drug-likeness (QED) is 0.807. The maximum absolute atomic E-state index is 3.60. The second-order valence-electron chi connectivity index (χ2n) is 5.48. The molecule has 0 saturated heterocycles. The maximum Gasteiger partial charge on any atom is 0.0323 e. The van der Waals surface area contributed by atoms with Gasteiger partial charge in [0.05, 0.1) is 0 Å². The molecule has 0 saturated carbocycles. The Hall–Kier alpha value is -1.60. The van der Waals surface area contributed by atoms with Gasteiger partial charge in [0.25, 0.3) is 0 Å². The molecule has 2 rings (SSSR count). The largest absolute Gasteiger partial charge is 0.310 e. The van der Waals surface area contributed by atoms with Crippen molar-refractivity contribution >= 4 is 0 Å². The minimum Gasteiger partial charge on any atom is -0.310 e. The molecule has 0 spiro atoms. The molecular weight excluding hydrogens is 242 g/mol. The fourth-order valence-corrected chi connectivity index (χ4v) is 2.59. The summed E-state index contributed by atoms with van der Waals surface area (Å²) in [7, 11) is 0. The van der Waals surface area contributed by atoms with Crippen molar-refractivity contribution in [3.05, 3.63) is 70.8 Å². The van der Waals surface area contributed by atoms with Gasteiger partial charge in [-0.2, -0.15) is 0 Å². The molecule has 2 aromatic rings. The van der Waals surface area contributed by atoms with E-state index >= 15 is 0 Å². The van der Waals surface area contributed by atoms with Gasteiger partial charge in [0, 0.05) is 6.04 Å². The minimum atomic E-state index is 0.447. The van der Waals surface area contributed by atoms with E-state index in [1.165, 1.54) is 22.3 Å². The first-order chi connectivity index (χ1) is 9.70. The van der Waals surface area contributed by atoms with E-state index in [1.54, 1.807) is 0 Å². The second-order valence-corrected chi connectivity index (χ2v) is 5.48. The zero-order chi connectivity index (χ0) is 14.4. The maximum atomic E-state index is 3.60. The van der Waals surface area contributed by atoms with E-state index in [0.29, 0.717) is 6.04 Å². The molecule has 20 heavy (non-hydrogen) atoms. The smallest absolute Gasteiger partial charge is 0.0323 e. The van der Waals surface area contributed by atoms with Gasteiger partial charge in [0.2, 0.25) is 0 Å². The van der Waals surface area contributed by atoms with Gasteiger partial charge in [0.1, 0.15) is 0 Å². The molecule has 1 unspecified atom stereocenters. The summed E-state index contributed by atoms with van der Waals surface area (Å²) in [5, 5.41) is 3.60. The highest BCUT2D eigenvalue weighted by molar-refractivity contribution is 5.30. The fraction of sp³-hybridized carbons (Fsp3) is 0.368. The number of hydrogen-bond donors (Lipinski definition) is 1. The van der Waals surface area contributed by atoms with Gasteiger partial charge in [-0.1, -0.05) is 55.5 Å². The Labute approximate surface area is 123 Å². The minimum absolute atomic E-state index is 0.447. The number of nitrogens with one attached hydrogen (secondary N) is 1. The van der Waals surface area contributed by atoms with Crippen LogP contribution in [0.1, 0.15) is 41.6 Å². The number of rotatable bonds is 6. The van der Waals surface area contributed by atoms with Crippen molar-refractivity contribution in [1.29, 1.82) is 0 Å². The molecule has 1 N–H and O–H groups in total. The van der Waals surface area contributed by atoms with Crippen molar-refractivity contribution < 1.29 is 0 Å². The Bertz CT molecular complexity index is 531. The van der Waals surface area contributed by atoms with Gasteiger partial charge in [0.15, 0.2) is 0 Å². The normalized spacial score (nSPS) is 12.3. The molecule has 1 heteroatoms. The zero-order valence-electron chi connectivity index (χ0n) is 12.8. The van der Waals surface area contributed by atoms with Crippen molar-refractivity contribution in [2.24, 2.45) is 0 Å². The molecular formula is C19H25N. The first-order valence-corrected chi connectivity index (χ1v) is 7.55. The van der Waals surface area contributed by atoms with Crippen LogP contribution >= 0.6 is 0 Å². The van der Waals surface area contributed by atoms with Crippen molar-refractivity contribution in [2.75, 3.05) is 6.54 Å². The highest BCUT2D eigenvalue weighted by Gasteiger charge is 2.09. The molecule has 0 aliphatic rings. The van der Waals surface area contributed by atoms with Crippen molar-refractivity contribution in [3.63, 3.8) is 0 Å². The van der Waals surface area contributed by atoms with Crippen LogP contribution in [0.25, 0.3) is 0 Å². The molecule has 0 bridgehead atoms. The van der Waals surface area contributed by atoms with Crippen LogP contribution in [0.3, 0.4) is 0 Å². The van der Waals surface area contributed by atoms with Crippen LogP contribution in [0.2, 0.25) is 0 Å². The van der Waals surface area contributed by atoms with Gasteiger partial charge >= 0.3 is 0 Å². The first-order valence-electron chi connectivity index (χ1n) is 7.55. The Morgan fingerprint density at radius 2 is 1.70 bits per heavy atom. The Balaban J connectivity index is 2.03. The van der Waals surface area contributed by atoms with Crippen molar-refractivity contribution in [2.45, 2.75) is 39.7 Å². The third kappa shape index (κ3) is 3.94. The Morgan fingerprint density at radius 3 is 2.35 bits per heavy atom. The molecule has 0 aliphatic heterocycles. The van der Waals surface area contributed by atoms with Crippen LogP contribution in [-0.2, 0) is 6.42 Å². The van der Waals surface area contributed by atoms with E-state index in [1.807, 2.05) is 0 Å². The van der Waals surface area contributed by atoms with E-state index in [9.17, 15) is 0 Å². The van der Waals surface area contributed by atoms with E-state index in [2.05, 4.69) is 74.6 Å². The van der Waals surface area contributed by atoms with Gasteiger partial charge in [-0.25, -0.2) is 0 Å². The lowest BCUT2D eigenvalue weighted by Gasteiger charge is -2.18. The lowest BCUT2D eigenvalue weighted by atomic mass is 9.97. The number of benzene rings is 2. The van der Waals surface area contributed by atoms with E-state index in [0.717, 1.165) is 19.4 Å². The lowest BCUT2D eigenvalue weighted by Crippen LogP contribution is -2.21. The van der Waals surface area contributed by atoms with Crippen LogP contribution in [0.4, 0.5) is 0 Å². The van der Waals surface area contributed by atoms with E-state index < -0.39 is 0 Å². The summed E-state index contributed by atoms with van der Waals surface area (Å²) in [4.78, 5) is 0. The molecule has 1 atom stereocenters. The summed E-state index contributed by atoms with van der Waals surface area (Å²) in [6.45, 7) is 7.54. The van der Waals surface area contributed by atoms with Crippen LogP contribution in [0.5, 0.6) is 0 Å². The standard InChI is InChI=1S/C19H25N/c1-4-20-19(18-8-6-5-7-9-18)13-12-17-11-10-15(2)16(3)14-17/h5-11,14,19-20H,4,12-13H2,1-3H3. The molecule has 0 aliphatic carbocycles. The summed E-state index contributed by atoms with van der Waals surface area (Å²) >= 11 is 0. The molecule has 2 aromatic carbocycles. The zero-order valence-corrected chi connectivity index (χ0v) is 12.8.